The van der Waals surface area contributed by atoms with E-state index in [2.05, 4.69) is 5.32 Å². The molecule has 4 nitrogen and oxygen atoms in total. The summed E-state index contributed by atoms with van der Waals surface area (Å²) in [5.41, 5.74) is 3.87. The zero-order valence-corrected chi connectivity index (χ0v) is 12.7. The van der Waals surface area contributed by atoms with Gasteiger partial charge >= 0.3 is 0 Å². The number of benzene rings is 2. The first kappa shape index (κ1) is 14.3. The van der Waals surface area contributed by atoms with Crippen LogP contribution in [0.4, 0.5) is 5.69 Å². The number of aryl methyl sites for hydroxylation is 1. The van der Waals surface area contributed by atoms with Gasteiger partial charge in [0.15, 0.2) is 0 Å². The fraction of sp³-hybridized carbons (Fsp3) is 0.222. The van der Waals surface area contributed by atoms with Gasteiger partial charge < -0.3 is 10.2 Å². The molecular weight excluding hydrogens is 276 g/mol. The smallest absolute Gasteiger partial charge is 0.244 e. The highest BCUT2D eigenvalue weighted by atomic mass is 16.2. The van der Waals surface area contributed by atoms with Crippen LogP contribution >= 0.6 is 0 Å². The van der Waals surface area contributed by atoms with E-state index in [0.717, 1.165) is 22.4 Å². The second-order valence-electron chi connectivity index (χ2n) is 5.60. The van der Waals surface area contributed by atoms with Gasteiger partial charge in [0.25, 0.3) is 0 Å². The number of carbonyl (C=O) groups is 2. The number of anilines is 1. The molecule has 1 heterocycles. The van der Waals surface area contributed by atoms with Crippen molar-refractivity contribution >= 4 is 17.5 Å². The van der Waals surface area contributed by atoms with Crippen LogP contribution in [0.2, 0.25) is 0 Å². The zero-order chi connectivity index (χ0) is 15.7. The predicted molar refractivity (Wildman–Crippen MR) is 85.5 cm³/mol. The monoisotopic (exact) mass is 294 g/mol. The van der Waals surface area contributed by atoms with E-state index in [-0.39, 0.29) is 24.4 Å². The molecule has 2 amide bonds. The molecule has 0 spiro atoms. The van der Waals surface area contributed by atoms with Gasteiger partial charge in [-0.2, -0.15) is 0 Å². The van der Waals surface area contributed by atoms with E-state index in [0.29, 0.717) is 0 Å². The summed E-state index contributed by atoms with van der Waals surface area (Å²) in [4.78, 5) is 25.8. The van der Waals surface area contributed by atoms with Crippen LogP contribution in [0.15, 0.2) is 48.5 Å². The van der Waals surface area contributed by atoms with Crippen LogP contribution in [0.5, 0.6) is 0 Å². The van der Waals surface area contributed by atoms with Gasteiger partial charge in [-0.15, -0.1) is 0 Å². The molecule has 0 fully saturated rings. The van der Waals surface area contributed by atoms with Crippen LogP contribution in [-0.4, -0.2) is 23.3 Å². The third-order valence-electron chi connectivity index (χ3n) is 3.95. The van der Waals surface area contributed by atoms with E-state index in [1.807, 2.05) is 55.5 Å². The Kier molecular flexibility index (Phi) is 3.67. The maximum absolute atomic E-state index is 12.1. The van der Waals surface area contributed by atoms with E-state index in [1.54, 1.807) is 4.90 Å². The SMILES string of the molecule is CC(=O)N1CC(=O)Nc2ccccc2C1c1ccc(C)cc1. The number of nitrogens with zero attached hydrogens (tertiary/aromatic N) is 1. The number of fused-ring (bicyclic) bond motifs is 1. The maximum atomic E-state index is 12.1. The van der Waals surface area contributed by atoms with Crippen molar-refractivity contribution in [1.29, 1.82) is 0 Å². The van der Waals surface area contributed by atoms with Crippen molar-refractivity contribution in [3.8, 4) is 0 Å². The Balaban J connectivity index is 2.18. The molecule has 2 aromatic carbocycles. The average Bonchev–Trinajstić information content (AvgIpc) is 2.64. The topological polar surface area (TPSA) is 49.4 Å². The highest BCUT2D eigenvalue weighted by Gasteiger charge is 2.31. The van der Waals surface area contributed by atoms with Crippen LogP contribution in [0, 0.1) is 6.92 Å². The summed E-state index contributed by atoms with van der Waals surface area (Å²) in [5.74, 6) is -0.283. The zero-order valence-electron chi connectivity index (χ0n) is 12.7. The van der Waals surface area contributed by atoms with Gasteiger partial charge in [0, 0.05) is 18.2 Å². The van der Waals surface area contributed by atoms with Gasteiger partial charge in [0.2, 0.25) is 11.8 Å². The summed E-state index contributed by atoms with van der Waals surface area (Å²) in [6.07, 6.45) is 0. The molecule has 2 aromatic rings. The number of amides is 2. The second-order valence-corrected chi connectivity index (χ2v) is 5.60. The van der Waals surface area contributed by atoms with Crippen molar-refractivity contribution in [3.63, 3.8) is 0 Å². The second kappa shape index (κ2) is 5.64. The number of nitrogens with one attached hydrogen (secondary N) is 1. The quantitative estimate of drug-likeness (QED) is 0.879. The molecule has 1 aliphatic heterocycles. The normalized spacial score (nSPS) is 17.5. The fourth-order valence-electron chi connectivity index (χ4n) is 2.85. The molecule has 112 valence electrons. The Morgan fingerprint density at radius 2 is 1.82 bits per heavy atom. The number of hydrogen-bond acceptors (Lipinski definition) is 2. The van der Waals surface area contributed by atoms with Gasteiger partial charge in [0.05, 0.1) is 6.04 Å². The Morgan fingerprint density at radius 3 is 2.50 bits per heavy atom. The van der Waals surface area contributed by atoms with Crippen molar-refractivity contribution in [1.82, 2.24) is 4.90 Å². The van der Waals surface area contributed by atoms with Crippen LogP contribution in [-0.2, 0) is 9.59 Å². The summed E-state index contributed by atoms with van der Waals surface area (Å²) in [6.45, 7) is 3.59. The minimum atomic E-state index is -0.256. The summed E-state index contributed by atoms with van der Waals surface area (Å²) in [6, 6.07) is 15.5. The fourth-order valence-corrected chi connectivity index (χ4v) is 2.85. The lowest BCUT2D eigenvalue weighted by Gasteiger charge is -2.29. The van der Waals surface area contributed by atoms with Crippen LogP contribution in [0.1, 0.15) is 29.7 Å². The Morgan fingerprint density at radius 1 is 1.14 bits per heavy atom. The summed E-state index contributed by atoms with van der Waals surface area (Å²) in [7, 11) is 0. The number of carbonyl (C=O) groups excluding carboxylic acids is 2. The predicted octanol–water partition coefficient (Wildman–Crippen LogP) is 2.89. The van der Waals surface area contributed by atoms with E-state index in [1.165, 1.54) is 6.92 Å². The van der Waals surface area contributed by atoms with E-state index in [4.69, 9.17) is 0 Å². The van der Waals surface area contributed by atoms with Crippen LogP contribution in [0.25, 0.3) is 0 Å². The standard InChI is InChI=1S/C18H18N2O2/c1-12-7-9-14(10-8-12)18-15-5-3-4-6-16(15)19-17(22)11-20(18)13(2)21/h3-10,18H,11H2,1-2H3,(H,19,22). The molecular formula is C18H18N2O2. The summed E-state index contributed by atoms with van der Waals surface area (Å²) >= 11 is 0. The Labute approximate surface area is 129 Å². The maximum Gasteiger partial charge on any atom is 0.244 e. The van der Waals surface area contributed by atoms with Gasteiger partial charge in [0.1, 0.15) is 6.54 Å². The third kappa shape index (κ3) is 2.60. The molecule has 1 unspecified atom stereocenters. The van der Waals surface area contributed by atoms with E-state index < -0.39 is 0 Å². The van der Waals surface area contributed by atoms with E-state index in [9.17, 15) is 9.59 Å². The van der Waals surface area contributed by atoms with Gasteiger partial charge in [-0.25, -0.2) is 0 Å². The average molecular weight is 294 g/mol. The van der Waals surface area contributed by atoms with Crippen LogP contribution in [0.3, 0.4) is 0 Å². The minimum absolute atomic E-state index is 0.0581. The Hall–Kier alpha value is -2.62. The molecule has 0 bridgehead atoms. The summed E-state index contributed by atoms with van der Waals surface area (Å²) in [5, 5.41) is 2.89. The molecule has 22 heavy (non-hydrogen) atoms. The first-order chi connectivity index (χ1) is 10.6. The minimum Gasteiger partial charge on any atom is -0.324 e. The van der Waals surface area contributed by atoms with Crippen LogP contribution < -0.4 is 5.32 Å². The molecule has 4 heteroatoms. The highest BCUT2D eigenvalue weighted by Crippen LogP contribution is 2.35. The lowest BCUT2D eigenvalue weighted by molar-refractivity contribution is -0.134. The van der Waals surface area contributed by atoms with Crippen molar-refractivity contribution in [2.24, 2.45) is 0 Å². The molecule has 1 N–H and O–H groups in total. The lowest BCUT2D eigenvalue weighted by atomic mass is 9.95. The number of para-hydroxylation sites is 1. The molecule has 0 aromatic heterocycles. The molecule has 1 aliphatic rings. The van der Waals surface area contributed by atoms with Crippen molar-refractivity contribution in [2.75, 3.05) is 11.9 Å². The molecule has 0 radical (unpaired) electrons. The highest BCUT2D eigenvalue weighted by molar-refractivity contribution is 5.96. The summed E-state index contributed by atoms with van der Waals surface area (Å²) < 4.78 is 0. The van der Waals surface area contributed by atoms with Gasteiger partial charge in [-0.3, -0.25) is 9.59 Å². The lowest BCUT2D eigenvalue weighted by Crippen LogP contribution is -2.37. The van der Waals surface area contributed by atoms with Gasteiger partial charge in [-0.1, -0.05) is 48.0 Å². The van der Waals surface area contributed by atoms with Crippen molar-refractivity contribution < 1.29 is 9.59 Å². The van der Waals surface area contributed by atoms with Crippen molar-refractivity contribution in [2.45, 2.75) is 19.9 Å². The molecule has 3 rings (SSSR count). The molecule has 1 atom stereocenters. The molecule has 0 saturated carbocycles. The van der Waals surface area contributed by atoms with Crippen molar-refractivity contribution in [3.05, 3.63) is 65.2 Å². The molecule has 0 saturated heterocycles. The molecule has 0 aliphatic carbocycles. The number of hydrogen-bond donors (Lipinski definition) is 1. The first-order valence-electron chi connectivity index (χ1n) is 7.29. The largest absolute Gasteiger partial charge is 0.324 e. The first-order valence-corrected chi connectivity index (χ1v) is 7.29. The van der Waals surface area contributed by atoms with Gasteiger partial charge in [-0.05, 0) is 18.6 Å². The number of rotatable bonds is 1. The Bertz CT molecular complexity index is 722. The van der Waals surface area contributed by atoms with E-state index >= 15 is 0 Å². The third-order valence-corrected chi connectivity index (χ3v) is 3.95.